The molecule has 2 aliphatic rings. The molecule has 7 heteroatoms. The van der Waals surface area contributed by atoms with Gasteiger partial charge in [0, 0.05) is 32.0 Å². The highest BCUT2D eigenvalue weighted by atomic mass is 16.5. The van der Waals surface area contributed by atoms with E-state index < -0.39 is 0 Å². The van der Waals surface area contributed by atoms with Crippen molar-refractivity contribution in [2.45, 2.75) is 57.4 Å². The van der Waals surface area contributed by atoms with E-state index in [1.807, 2.05) is 24.3 Å². The fourth-order valence-electron chi connectivity index (χ4n) is 4.72. The highest BCUT2D eigenvalue weighted by molar-refractivity contribution is 5.78. The molecule has 162 valence electrons. The number of hydrogen-bond acceptors (Lipinski definition) is 5. The van der Waals surface area contributed by atoms with Crippen LogP contribution in [0.1, 0.15) is 55.2 Å². The van der Waals surface area contributed by atoms with Crippen molar-refractivity contribution in [2.75, 3.05) is 33.3 Å². The Morgan fingerprint density at radius 1 is 1.17 bits per heavy atom. The minimum atomic E-state index is 0.0885. The number of nitrogens with one attached hydrogen (secondary N) is 1. The zero-order valence-corrected chi connectivity index (χ0v) is 18.0. The quantitative estimate of drug-likeness (QED) is 0.758. The van der Waals surface area contributed by atoms with E-state index in [9.17, 15) is 4.79 Å². The number of nitrogens with zero attached hydrogens (tertiary/aromatic N) is 4. The molecule has 2 aromatic rings. The van der Waals surface area contributed by atoms with Crippen LogP contribution in [0.15, 0.2) is 24.3 Å². The van der Waals surface area contributed by atoms with Gasteiger partial charge in [-0.15, -0.1) is 10.2 Å². The standard InChI is InChI=1S/C23H33N5O2/c1-30-20-10-5-4-8-18(20)12-13-24-22(29)17-27-14-7-9-19(16-27)23-26-25-21-11-3-2-6-15-28(21)23/h4-5,8,10,19H,2-3,6-7,9,11-17H2,1H3,(H,24,29). The van der Waals surface area contributed by atoms with E-state index in [1.165, 1.54) is 19.3 Å². The predicted octanol–water partition coefficient (Wildman–Crippen LogP) is 2.55. The number of methoxy groups -OCH3 is 1. The van der Waals surface area contributed by atoms with E-state index in [4.69, 9.17) is 4.74 Å². The van der Waals surface area contributed by atoms with Crippen LogP contribution in [0.4, 0.5) is 0 Å². The molecule has 0 spiro atoms. The van der Waals surface area contributed by atoms with Gasteiger partial charge in [0.2, 0.25) is 5.91 Å². The molecule has 1 saturated heterocycles. The second-order valence-corrected chi connectivity index (χ2v) is 8.42. The fourth-order valence-corrected chi connectivity index (χ4v) is 4.72. The smallest absolute Gasteiger partial charge is 0.234 e. The molecule has 0 radical (unpaired) electrons. The summed E-state index contributed by atoms with van der Waals surface area (Å²) in [5.41, 5.74) is 1.12. The van der Waals surface area contributed by atoms with Gasteiger partial charge in [-0.05, 0) is 50.3 Å². The monoisotopic (exact) mass is 411 g/mol. The minimum Gasteiger partial charge on any atom is -0.496 e. The summed E-state index contributed by atoms with van der Waals surface area (Å²) in [7, 11) is 1.68. The van der Waals surface area contributed by atoms with Crippen molar-refractivity contribution < 1.29 is 9.53 Å². The molecule has 0 aliphatic carbocycles. The molecule has 1 aromatic carbocycles. The Hall–Kier alpha value is -2.41. The molecule has 1 N–H and O–H groups in total. The summed E-state index contributed by atoms with van der Waals surface area (Å²) in [6.07, 6.45) is 7.73. The van der Waals surface area contributed by atoms with E-state index in [0.29, 0.717) is 19.0 Å². The van der Waals surface area contributed by atoms with Crippen LogP contribution in [0.5, 0.6) is 5.75 Å². The number of benzene rings is 1. The van der Waals surface area contributed by atoms with Crippen molar-refractivity contribution >= 4 is 5.91 Å². The molecule has 0 bridgehead atoms. The Labute approximate surface area is 178 Å². The van der Waals surface area contributed by atoms with Crippen molar-refractivity contribution in [2.24, 2.45) is 0 Å². The van der Waals surface area contributed by atoms with Crippen LogP contribution in [0.2, 0.25) is 0 Å². The molecule has 30 heavy (non-hydrogen) atoms. The summed E-state index contributed by atoms with van der Waals surface area (Å²) < 4.78 is 7.74. The third-order valence-corrected chi connectivity index (χ3v) is 6.29. The number of carbonyl (C=O) groups excluding carboxylic acids is 1. The van der Waals surface area contributed by atoms with Gasteiger partial charge >= 0.3 is 0 Å². The zero-order valence-electron chi connectivity index (χ0n) is 18.0. The van der Waals surface area contributed by atoms with Gasteiger partial charge in [0.25, 0.3) is 0 Å². The molecule has 7 nitrogen and oxygen atoms in total. The van der Waals surface area contributed by atoms with Crippen molar-refractivity contribution in [1.82, 2.24) is 25.0 Å². The number of aryl methyl sites for hydroxylation is 1. The molecule has 3 heterocycles. The van der Waals surface area contributed by atoms with Crippen LogP contribution in [0.3, 0.4) is 0 Å². The van der Waals surface area contributed by atoms with Crippen molar-refractivity contribution in [3.8, 4) is 5.75 Å². The lowest BCUT2D eigenvalue weighted by Gasteiger charge is -2.31. The highest BCUT2D eigenvalue weighted by Gasteiger charge is 2.28. The summed E-state index contributed by atoms with van der Waals surface area (Å²) >= 11 is 0. The van der Waals surface area contributed by atoms with E-state index in [-0.39, 0.29) is 5.91 Å². The number of amides is 1. The first-order chi connectivity index (χ1) is 14.7. The molecule has 1 aromatic heterocycles. The Morgan fingerprint density at radius 2 is 2.07 bits per heavy atom. The summed E-state index contributed by atoms with van der Waals surface area (Å²) in [6, 6.07) is 7.96. The van der Waals surface area contributed by atoms with Crippen LogP contribution in [-0.2, 0) is 24.2 Å². The van der Waals surface area contributed by atoms with Crippen molar-refractivity contribution in [1.29, 1.82) is 0 Å². The Bertz CT molecular complexity index is 850. The molecule has 4 rings (SSSR count). The lowest BCUT2D eigenvalue weighted by Crippen LogP contribution is -2.42. The largest absolute Gasteiger partial charge is 0.496 e. The van der Waals surface area contributed by atoms with E-state index in [1.54, 1.807) is 7.11 Å². The van der Waals surface area contributed by atoms with Gasteiger partial charge in [0.05, 0.1) is 13.7 Å². The highest BCUT2D eigenvalue weighted by Crippen LogP contribution is 2.27. The zero-order chi connectivity index (χ0) is 20.8. The van der Waals surface area contributed by atoms with Crippen LogP contribution < -0.4 is 10.1 Å². The molecule has 1 atom stereocenters. The first-order valence-corrected chi connectivity index (χ1v) is 11.3. The number of ether oxygens (including phenoxy) is 1. The lowest BCUT2D eigenvalue weighted by atomic mass is 9.97. The average molecular weight is 412 g/mol. The number of likely N-dealkylation sites (tertiary alicyclic amines) is 1. The van der Waals surface area contributed by atoms with Gasteiger partial charge in [-0.25, -0.2) is 0 Å². The van der Waals surface area contributed by atoms with Gasteiger partial charge in [0.15, 0.2) is 0 Å². The maximum Gasteiger partial charge on any atom is 0.234 e. The molecule has 0 saturated carbocycles. The van der Waals surface area contributed by atoms with Gasteiger partial charge in [-0.1, -0.05) is 24.6 Å². The van der Waals surface area contributed by atoms with Crippen LogP contribution in [-0.4, -0.2) is 58.9 Å². The van der Waals surface area contributed by atoms with Crippen molar-refractivity contribution in [3.63, 3.8) is 0 Å². The number of fused-ring (bicyclic) bond motifs is 1. The average Bonchev–Trinajstić information content (AvgIpc) is 3.02. The Kier molecular flexibility index (Phi) is 7.00. The molecule has 2 aliphatic heterocycles. The van der Waals surface area contributed by atoms with Crippen LogP contribution in [0.25, 0.3) is 0 Å². The number of hydrogen-bond donors (Lipinski definition) is 1. The number of carbonyl (C=O) groups is 1. The lowest BCUT2D eigenvalue weighted by molar-refractivity contribution is -0.122. The number of rotatable bonds is 7. The molecule has 1 amide bonds. The number of aromatic nitrogens is 3. The minimum absolute atomic E-state index is 0.0885. The molecular formula is C23H33N5O2. The first-order valence-electron chi connectivity index (χ1n) is 11.3. The number of para-hydroxylation sites is 1. The van der Waals surface area contributed by atoms with E-state index in [0.717, 1.165) is 68.3 Å². The van der Waals surface area contributed by atoms with Gasteiger partial charge in [0.1, 0.15) is 17.4 Å². The molecular weight excluding hydrogens is 378 g/mol. The topological polar surface area (TPSA) is 72.3 Å². The van der Waals surface area contributed by atoms with Crippen LogP contribution in [0, 0.1) is 0 Å². The first kappa shape index (κ1) is 20.8. The van der Waals surface area contributed by atoms with Gasteiger partial charge in [-0.3, -0.25) is 9.69 Å². The SMILES string of the molecule is COc1ccccc1CCNC(=O)CN1CCCC(c2nnc3n2CCCCC3)C1. The maximum atomic E-state index is 12.5. The summed E-state index contributed by atoms with van der Waals surface area (Å²) in [4.78, 5) is 14.8. The number of piperidine rings is 1. The van der Waals surface area contributed by atoms with Crippen molar-refractivity contribution in [3.05, 3.63) is 41.5 Å². The summed E-state index contributed by atoms with van der Waals surface area (Å²) in [6.45, 7) is 3.96. The Morgan fingerprint density at radius 3 is 2.97 bits per heavy atom. The van der Waals surface area contributed by atoms with Gasteiger partial charge < -0.3 is 14.6 Å². The molecule has 1 fully saturated rings. The predicted molar refractivity (Wildman–Crippen MR) is 116 cm³/mol. The van der Waals surface area contributed by atoms with Crippen LogP contribution >= 0.6 is 0 Å². The third kappa shape index (κ3) is 5.01. The van der Waals surface area contributed by atoms with E-state index >= 15 is 0 Å². The fraction of sp³-hybridized carbons (Fsp3) is 0.609. The normalized spacial score (nSPS) is 19.7. The third-order valence-electron chi connectivity index (χ3n) is 6.29. The second-order valence-electron chi connectivity index (χ2n) is 8.42. The maximum absolute atomic E-state index is 12.5. The Balaban J connectivity index is 1.28. The summed E-state index contributed by atoms with van der Waals surface area (Å²) in [5.74, 6) is 3.62. The summed E-state index contributed by atoms with van der Waals surface area (Å²) in [5, 5.41) is 12.1. The second kappa shape index (κ2) is 10.1. The van der Waals surface area contributed by atoms with Gasteiger partial charge in [-0.2, -0.15) is 0 Å². The van der Waals surface area contributed by atoms with E-state index in [2.05, 4.69) is 25.0 Å². The molecule has 1 unspecified atom stereocenters.